The third-order valence-electron chi connectivity index (χ3n) is 4.64. The summed E-state index contributed by atoms with van der Waals surface area (Å²) in [5.41, 5.74) is 7.50. The second-order valence-electron chi connectivity index (χ2n) is 7.73. The van der Waals surface area contributed by atoms with Crippen molar-refractivity contribution in [2.45, 2.75) is 77.4 Å². The molecule has 4 nitrogen and oxygen atoms in total. The molecule has 0 bridgehead atoms. The quantitative estimate of drug-likeness (QED) is 0.788. The van der Waals surface area contributed by atoms with E-state index >= 15 is 0 Å². The molecular weight excluding hydrogens is 276 g/mol. The van der Waals surface area contributed by atoms with Crippen molar-refractivity contribution in [1.29, 1.82) is 0 Å². The first-order chi connectivity index (χ1) is 10.4. The molecule has 0 aromatic heterocycles. The topological polar surface area (TPSA) is 55.6 Å². The molecule has 0 spiro atoms. The maximum Gasteiger partial charge on any atom is 0.410 e. The molecule has 126 valence electrons. The molecule has 1 aliphatic carbocycles. The molecule has 0 aromatic rings. The molecule has 2 rings (SSSR count). The van der Waals surface area contributed by atoms with E-state index in [1.165, 1.54) is 31.3 Å². The number of hydrogen-bond donors (Lipinski definition) is 1. The Balaban J connectivity index is 1.90. The van der Waals surface area contributed by atoms with Gasteiger partial charge in [0.2, 0.25) is 0 Å². The molecule has 1 heterocycles. The lowest BCUT2D eigenvalue weighted by Crippen LogP contribution is -2.38. The van der Waals surface area contributed by atoms with Gasteiger partial charge in [-0.15, -0.1) is 0 Å². The summed E-state index contributed by atoms with van der Waals surface area (Å²) in [5, 5.41) is 0. The van der Waals surface area contributed by atoms with Crippen LogP contribution in [0.5, 0.6) is 0 Å². The van der Waals surface area contributed by atoms with Crippen LogP contribution in [0.2, 0.25) is 0 Å². The van der Waals surface area contributed by atoms with Crippen LogP contribution in [0.25, 0.3) is 0 Å². The average Bonchev–Trinajstić information content (AvgIpc) is 2.85. The second kappa shape index (κ2) is 7.49. The van der Waals surface area contributed by atoms with E-state index in [0.717, 1.165) is 32.4 Å². The van der Waals surface area contributed by atoms with Gasteiger partial charge in [0.25, 0.3) is 0 Å². The highest BCUT2D eigenvalue weighted by atomic mass is 16.6. The van der Waals surface area contributed by atoms with Gasteiger partial charge in [-0.25, -0.2) is 4.79 Å². The van der Waals surface area contributed by atoms with Gasteiger partial charge in [-0.05, 0) is 58.8 Å². The lowest BCUT2D eigenvalue weighted by atomic mass is 9.87. The average molecular weight is 308 g/mol. The number of carbonyl (C=O) groups is 1. The second-order valence-corrected chi connectivity index (χ2v) is 7.73. The predicted octanol–water partition coefficient (Wildman–Crippen LogP) is 3.85. The summed E-state index contributed by atoms with van der Waals surface area (Å²) in [7, 11) is 0. The number of rotatable bonds is 2. The van der Waals surface area contributed by atoms with Gasteiger partial charge < -0.3 is 15.4 Å². The Bertz CT molecular complexity index is 412. The van der Waals surface area contributed by atoms with Gasteiger partial charge in [-0.2, -0.15) is 0 Å². The van der Waals surface area contributed by atoms with Crippen LogP contribution in [0.3, 0.4) is 0 Å². The van der Waals surface area contributed by atoms with Crippen LogP contribution >= 0.6 is 0 Å². The number of amides is 1. The Morgan fingerprint density at radius 2 is 2.05 bits per heavy atom. The van der Waals surface area contributed by atoms with E-state index < -0.39 is 5.60 Å². The summed E-state index contributed by atoms with van der Waals surface area (Å²) in [6, 6.07) is 0.102. The molecule has 2 N–H and O–H groups in total. The van der Waals surface area contributed by atoms with Crippen molar-refractivity contribution in [1.82, 2.24) is 4.90 Å². The Labute approximate surface area is 135 Å². The van der Waals surface area contributed by atoms with E-state index in [4.69, 9.17) is 10.5 Å². The molecule has 1 saturated heterocycles. The zero-order chi connectivity index (χ0) is 16.2. The molecule has 2 aliphatic rings. The smallest absolute Gasteiger partial charge is 0.410 e. The summed E-state index contributed by atoms with van der Waals surface area (Å²) < 4.78 is 5.46. The van der Waals surface area contributed by atoms with Crippen molar-refractivity contribution < 1.29 is 9.53 Å². The van der Waals surface area contributed by atoms with Gasteiger partial charge in [-0.3, -0.25) is 0 Å². The third-order valence-corrected chi connectivity index (χ3v) is 4.64. The van der Waals surface area contributed by atoms with Crippen LogP contribution in [0, 0.1) is 5.92 Å². The fraction of sp³-hybridized carbons (Fsp3) is 0.833. The monoisotopic (exact) mass is 308 g/mol. The Morgan fingerprint density at radius 3 is 2.77 bits per heavy atom. The third kappa shape index (κ3) is 5.01. The minimum absolute atomic E-state index is 0.102. The number of carbonyl (C=O) groups excluding carboxylic acids is 1. The Hall–Kier alpha value is -1.03. The van der Waals surface area contributed by atoms with Crippen LogP contribution in [-0.4, -0.2) is 35.7 Å². The molecule has 0 aromatic carbocycles. The van der Waals surface area contributed by atoms with Gasteiger partial charge in [-0.1, -0.05) is 24.5 Å². The van der Waals surface area contributed by atoms with E-state index in [1.807, 2.05) is 25.7 Å². The molecule has 4 heteroatoms. The van der Waals surface area contributed by atoms with Crippen molar-refractivity contribution in [2.24, 2.45) is 11.7 Å². The Morgan fingerprint density at radius 1 is 1.32 bits per heavy atom. The minimum Gasteiger partial charge on any atom is -0.444 e. The molecule has 1 aliphatic heterocycles. The zero-order valence-corrected chi connectivity index (χ0v) is 14.4. The van der Waals surface area contributed by atoms with Crippen LogP contribution in [-0.2, 0) is 4.74 Å². The standard InChI is InChI=1S/C18H32N2O2/c1-18(2,3)22-17(21)20-12-11-15(13-20)16(19)14-9-7-5-4-6-8-10-14/h9,15-16H,4-8,10-13,19H2,1-3H3. The van der Waals surface area contributed by atoms with Gasteiger partial charge in [0.05, 0.1) is 0 Å². The molecule has 2 unspecified atom stereocenters. The van der Waals surface area contributed by atoms with Crippen LogP contribution < -0.4 is 5.73 Å². The molecule has 0 saturated carbocycles. The molecule has 1 amide bonds. The SMILES string of the molecule is CC(C)(C)OC(=O)N1CCC(C(N)C2=CCCCCCC2)C1. The Kier molecular flexibility index (Phi) is 5.90. The number of allylic oxidation sites excluding steroid dienone is 1. The first-order valence-electron chi connectivity index (χ1n) is 8.79. The fourth-order valence-electron chi connectivity index (χ4n) is 3.39. The maximum atomic E-state index is 12.2. The molecule has 1 fully saturated rings. The van der Waals surface area contributed by atoms with E-state index in [2.05, 4.69) is 6.08 Å². The van der Waals surface area contributed by atoms with Gasteiger partial charge in [0.15, 0.2) is 0 Å². The van der Waals surface area contributed by atoms with Gasteiger partial charge >= 0.3 is 6.09 Å². The minimum atomic E-state index is -0.431. The highest BCUT2D eigenvalue weighted by molar-refractivity contribution is 5.68. The number of ether oxygens (including phenoxy) is 1. The number of nitrogens with two attached hydrogens (primary N) is 1. The van der Waals surface area contributed by atoms with Gasteiger partial charge in [0.1, 0.15) is 5.60 Å². The fourth-order valence-corrected chi connectivity index (χ4v) is 3.39. The summed E-state index contributed by atoms with van der Waals surface area (Å²) in [6.07, 6.45) is 10.6. The summed E-state index contributed by atoms with van der Waals surface area (Å²) >= 11 is 0. The normalized spacial score (nSPS) is 25.2. The summed E-state index contributed by atoms with van der Waals surface area (Å²) in [4.78, 5) is 14.0. The first-order valence-corrected chi connectivity index (χ1v) is 8.79. The van der Waals surface area contributed by atoms with Crippen molar-refractivity contribution in [3.63, 3.8) is 0 Å². The van der Waals surface area contributed by atoms with Crippen LogP contribution in [0.15, 0.2) is 11.6 Å². The summed E-state index contributed by atoms with van der Waals surface area (Å²) in [6.45, 7) is 7.21. The van der Waals surface area contributed by atoms with E-state index in [1.54, 1.807) is 0 Å². The van der Waals surface area contributed by atoms with Crippen molar-refractivity contribution in [2.75, 3.05) is 13.1 Å². The lowest BCUT2D eigenvalue weighted by molar-refractivity contribution is 0.0287. The van der Waals surface area contributed by atoms with Crippen LogP contribution in [0.4, 0.5) is 4.79 Å². The van der Waals surface area contributed by atoms with Crippen molar-refractivity contribution in [3.8, 4) is 0 Å². The lowest BCUT2D eigenvalue weighted by Gasteiger charge is -2.26. The molecular formula is C18H32N2O2. The van der Waals surface area contributed by atoms with Crippen molar-refractivity contribution in [3.05, 3.63) is 11.6 Å². The molecule has 0 radical (unpaired) electrons. The molecule has 22 heavy (non-hydrogen) atoms. The maximum absolute atomic E-state index is 12.2. The molecule has 2 atom stereocenters. The van der Waals surface area contributed by atoms with E-state index in [-0.39, 0.29) is 12.1 Å². The largest absolute Gasteiger partial charge is 0.444 e. The number of nitrogens with zero attached hydrogens (tertiary/aromatic N) is 1. The van der Waals surface area contributed by atoms with Crippen molar-refractivity contribution >= 4 is 6.09 Å². The predicted molar refractivity (Wildman–Crippen MR) is 89.7 cm³/mol. The van der Waals surface area contributed by atoms with E-state index in [9.17, 15) is 4.79 Å². The number of likely N-dealkylation sites (tertiary alicyclic amines) is 1. The number of hydrogen-bond acceptors (Lipinski definition) is 3. The summed E-state index contributed by atoms with van der Waals surface area (Å²) in [5.74, 6) is 0.373. The van der Waals surface area contributed by atoms with E-state index in [0.29, 0.717) is 5.92 Å². The first kappa shape index (κ1) is 17.3. The highest BCUT2D eigenvalue weighted by Crippen LogP contribution is 2.28. The van der Waals surface area contributed by atoms with Crippen LogP contribution in [0.1, 0.15) is 65.7 Å². The zero-order valence-electron chi connectivity index (χ0n) is 14.4. The van der Waals surface area contributed by atoms with Gasteiger partial charge in [0, 0.05) is 19.1 Å². The highest BCUT2D eigenvalue weighted by Gasteiger charge is 2.33.